The van der Waals surface area contributed by atoms with E-state index in [1.54, 1.807) is 0 Å². The van der Waals surface area contributed by atoms with Crippen molar-refractivity contribution in [2.75, 3.05) is 6.61 Å². The number of pyridine rings is 1. The third-order valence-electron chi connectivity index (χ3n) is 3.80. The van der Waals surface area contributed by atoms with Gasteiger partial charge in [-0.05, 0) is 36.2 Å². The molecule has 132 valence electrons. The third kappa shape index (κ3) is 4.58. The molecule has 3 rings (SSSR count). The topological polar surface area (TPSA) is 63.6 Å². The van der Waals surface area contributed by atoms with Crippen molar-refractivity contribution in [1.29, 1.82) is 0 Å². The summed E-state index contributed by atoms with van der Waals surface area (Å²) >= 11 is 6.14. The lowest BCUT2D eigenvalue weighted by Gasteiger charge is -2.06. The van der Waals surface area contributed by atoms with E-state index in [2.05, 4.69) is 22.4 Å². The van der Waals surface area contributed by atoms with E-state index in [1.165, 1.54) is 11.8 Å². The molecule has 0 aliphatic rings. The van der Waals surface area contributed by atoms with Gasteiger partial charge in [0.1, 0.15) is 10.9 Å². The van der Waals surface area contributed by atoms with Crippen LogP contribution in [-0.4, -0.2) is 23.7 Å². The van der Waals surface area contributed by atoms with Gasteiger partial charge in [0.25, 0.3) is 5.91 Å². The van der Waals surface area contributed by atoms with Gasteiger partial charge in [0.05, 0.1) is 11.7 Å². The first-order valence-electron chi connectivity index (χ1n) is 8.24. The number of benzene rings is 2. The predicted octanol–water partition coefficient (Wildman–Crippen LogP) is 3.98. The molecule has 1 aromatic heterocycles. The zero-order chi connectivity index (χ0) is 18.4. The van der Waals surface area contributed by atoms with Crippen LogP contribution in [-0.2, 0) is 11.2 Å². The van der Waals surface area contributed by atoms with E-state index in [1.807, 2.05) is 54.6 Å². The molecule has 0 saturated heterocycles. The van der Waals surface area contributed by atoms with E-state index in [9.17, 15) is 4.79 Å². The fourth-order valence-electron chi connectivity index (χ4n) is 2.38. The van der Waals surface area contributed by atoms with Crippen LogP contribution >= 0.6 is 11.6 Å². The molecule has 1 heterocycles. The number of para-hydroxylation sites is 1. The largest absolute Gasteiger partial charge is 0.484 e. The number of ether oxygens (including phenoxy) is 1. The maximum atomic E-state index is 11.8. The highest BCUT2D eigenvalue weighted by atomic mass is 35.5. The summed E-state index contributed by atoms with van der Waals surface area (Å²) in [6.07, 6.45) is 2.43. The summed E-state index contributed by atoms with van der Waals surface area (Å²) < 4.78 is 5.43. The van der Waals surface area contributed by atoms with Gasteiger partial charge in [-0.2, -0.15) is 5.10 Å². The van der Waals surface area contributed by atoms with Crippen LogP contribution in [0.4, 0.5) is 0 Å². The van der Waals surface area contributed by atoms with Crippen molar-refractivity contribution in [3.63, 3.8) is 0 Å². The Morgan fingerprint density at radius 2 is 2.00 bits per heavy atom. The van der Waals surface area contributed by atoms with Crippen LogP contribution in [0.25, 0.3) is 10.9 Å². The Balaban J connectivity index is 1.56. The first-order valence-corrected chi connectivity index (χ1v) is 8.62. The predicted molar refractivity (Wildman–Crippen MR) is 104 cm³/mol. The number of nitrogens with one attached hydrogen (secondary N) is 1. The summed E-state index contributed by atoms with van der Waals surface area (Å²) in [7, 11) is 0. The van der Waals surface area contributed by atoms with E-state index < -0.39 is 0 Å². The molecule has 5 nitrogen and oxygen atoms in total. The lowest BCUT2D eigenvalue weighted by atomic mass is 10.2. The normalized spacial score (nSPS) is 11.0. The van der Waals surface area contributed by atoms with Crippen molar-refractivity contribution in [3.8, 4) is 5.75 Å². The minimum absolute atomic E-state index is 0.119. The lowest BCUT2D eigenvalue weighted by Crippen LogP contribution is -2.24. The molecule has 1 amide bonds. The first-order chi connectivity index (χ1) is 12.7. The van der Waals surface area contributed by atoms with Crippen molar-refractivity contribution in [3.05, 3.63) is 70.9 Å². The number of aromatic nitrogens is 1. The second-order valence-electron chi connectivity index (χ2n) is 5.64. The minimum Gasteiger partial charge on any atom is -0.484 e. The van der Waals surface area contributed by atoms with Crippen molar-refractivity contribution in [2.24, 2.45) is 5.10 Å². The highest BCUT2D eigenvalue weighted by Crippen LogP contribution is 2.18. The van der Waals surface area contributed by atoms with Crippen molar-refractivity contribution in [1.82, 2.24) is 10.4 Å². The molecule has 0 bridgehead atoms. The summed E-state index contributed by atoms with van der Waals surface area (Å²) in [5.74, 6) is 0.286. The number of nitrogens with zero attached hydrogens (tertiary/aromatic N) is 2. The monoisotopic (exact) mass is 367 g/mol. The highest BCUT2D eigenvalue weighted by Gasteiger charge is 2.04. The quantitative estimate of drug-likeness (QED) is 0.407. The lowest BCUT2D eigenvalue weighted by molar-refractivity contribution is -0.123. The van der Waals surface area contributed by atoms with Gasteiger partial charge in [-0.25, -0.2) is 10.4 Å². The third-order valence-corrected chi connectivity index (χ3v) is 4.10. The average Bonchev–Trinajstić information content (AvgIpc) is 2.67. The molecular weight excluding hydrogens is 350 g/mol. The first kappa shape index (κ1) is 17.9. The van der Waals surface area contributed by atoms with Gasteiger partial charge in [-0.1, -0.05) is 48.9 Å². The second-order valence-corrected chi connectivity index (χ2v) is 6.00. The van der Waals surface area contributed by atoms with Crippen molar-refractivity contribution in [2.45, 2.75) is 13.3 Å². The summed E-state index contributed by atoms with van der Waals surface area (Å²) in [5.41, 5.74) is 5.07. The number of carbonyl (C=O) groups excluding carboxylic acids is 1. The van der Waals surface area contributed by atoms with E-state index >= 15 is 0 Å². The molecule has 0 spiro atoms. The maximum absolute atomic E-state index is 11.8. The average molecular weight is 368 g/mol. The molecule has 0 fully saturated rings. The highest BCUT2D eigenvalue weighted by molar-refractivity contribution is 6.32. The van der Waals surface area contributed by atoms with Crippen LogP contribution in [0.1, 0.15) is 18.1 Å². The number of carbonyl (C=O) groups is 1. The van der Waals surface area contributed by atoms with Gasteiger partial charge in [-0.3, -0.25) is 4.79 Å². The van der Waals surface area contributed by atoms with Crippen LogP contribution in [0.2, 0.25) is 5.15 Å². The van der Waals surface area contributed by atoms with Crippen molar-refractivity contribution >= 4 is 34.6 Å². The molecule has 6 heteroatoms. The number of hydrogen-bond donors (Lipinski definition) is 1. The zero-order valence-electron chi connectivity index (χ0n) is 14.3. The van der Waals surface area contributed by atoms with Gasteiger partial charge < -0.3 is 4.74 Å². The molecule has 0 aliphatic heterocycles. The van der Waals surface area contributed by atoms with Crippen LogP contribution < -0.4 is 10.2 Å². The van der Waals surface area contributed by atoms with E-state index in [0.717, 1.165) is 17.3 Å². The van der Waals surface area contributed by atoms with E-state index in [4.69, 9.17) is 16.3 Å². The molecule has 2 aromatic carbocycles. The molecular formula is C20H18ClN3O2. The van der Waals surface area contributed by atoms with Gasteiger partial charge in [0, 0.05) is 10.9 Å². The molecule has 1 N–H and O–H groups in total. The van der Waals surface area contributed by atoms with Crippen LogP contribution in [0.5, 0.6) is 5.75 Å². The molecule has 0 radical (unpaired) electrons. The fourth-order valence-corrected chi connectivity index (χ4v) is 2.57. The number of amides is 1. The molecule has 0 atom stereocenters. The Kier molecular flexibility index (Phi) is 5.81. The number of fused-ring (bicyclic) bond motifs is 1. The van der Waals surface area contributed by atoms with E-state index in [0.29, 0.717) is 16.5 Å². The molecule has 0 saturated carbocycles. The Bertz CT molecular complexity index is 939. The van der Waals surface area contributed by atoms with Gasteiger partial charge in [0.15, 0.2) is 6.61 Å². The number of aryl methyl sites for hydroxylation is 1. The van der Waals surface area contributed by atoms with Gasteiger partial charge in [0.2, 0.25) is 0 Å². The zero-order valence-corrected chi connectivity index (χ0v) is 15.0. The number of rotatable bonds is 6. The van der Waals surface area contributed by atoms with Crippen LogP contribution in [0, 0.1) is 0 Å². The Morgan fingerprint density at radius 1 is 1.23 bits per heavy atom. The Morgan fingerprint density at radius 3 is 2.77 bits per heavy atom. The summed E-state index contributed by atoms with van der Waals surface area (Å²) in [6.45, 7) is 1.96. The Labute approximate surface area is 156 Å². The minimum atomic E-state index is -0.356. The maximum Gasteiger partial charge on any atom is 0.277 e. The standard InChI is InChI=1S/C20H18ClN3O2/c1-2-14-7-9-17(10-8-14)26-13-19(25)24-22-12-16-11-15-5-3-4-6-18(15)23-20(16)21/h3-12H,2,13H2,1H3,(H,24,25). The van der Waals surface area contributed by atoms with E-state index in [-0.39, 0.29) is 12.5 Å². The Hall–Kier alpha value is -2.92. The summed E-state index contributed by atoms with van der Waals surface area (Å²) in [4.78, 5) is 16.1. The molecule has 26 heavy (non-hydrogen) atoms. The van der Waals surface area contributed by atoms with Gasteiger partial charge >= 0.3 is 0 Å². The van der Waals surface area contributed by atoms with Gasteiger partial charge in [-0.15, -0.1) is 0 Å². The second kappa shape index (κ2) is 8.45. The fraction of sp³-hybridized carbons (Fsp3) is 0.150. The summed E-state index contributed by atoms with van der Waals surface area (Å²) in [6, 6.07) is 17.1. The van der Waals surface area contributed by atoms with Crippen LogP contribution in [0.3, 0.4) is 0 Å². The van der Waals surface area contributed by atoms with Crippen LogP contribution in [0.15, 0.2) is 59.7 Å². The molecule has 3 aromatic rings. The number of halogens is 1. The SMILES string of the molecule is CCc1ccc(OCC(=O)NN=Cc2cc3ccccc3nc2Cl)cc1. The molecule has 0 unspecified atom stereocenters. The molecule has 0 aliphatic carbocycles. The van der Waals surface area contributed by atoms with Crippen molar-refractivity contribution < 1.29 is 9.53 Å². The smallest absolute Gasteiger partial charge is 0.277 e. The number of hydrogen-bond acceptors (Lipinski definition) is 4. The number of hydrazone groups is 1. The summed E-state index contributed by atoms with van der Waals surface area (Å²) in [5, 5.41) is 5.20.